The first kappa shape index (κ1) is 14.9. The summed E-state index contributed by atoms with van der Waals surface area (Å²) in [5.41, 5.74) is 0.578. The Morgan fingerprint density at radius 3 is 2.89 bits per heavy atom. The van der Waals surface area contributed by atoms with Gasteiger partial charge in [0.1, 0.15) is 4.21 Å². The van der Waals surface area contributed by atoms with Crippen LogP contribution >= 0.6 is 11.3 Å². The summed E-state index contributed by atoms with van der Waals surface area (Å²) in [6, 6.07) is 1.75. The summed E-state index contributed by atoms with van der Waals surface area (Å²) in [6.07, 6.45) is 0. The molecule has 1 aliphatic rings. The Balaban J connectivity index is 2.21. The number of hydrogen-bond donors (Lipinski definition) is 1. The Kier molecular flexibility index (Phi) is 4.32. The van der Waals surface area contributed by atoms with Crippen molar-refractivity contribution in [1.82, 2.24) is 9.62 Å². The summed E-state index contributed by atoms with van der Waals surface area (Å²) < 4.78 is 32.6. The van der Waals surface area contributed by atoms with Crippen LogP contribution in [-0.4, -0.2) is 45.1 Å². The highest BCUT2D eigenvalue weighted by atomic mass is 32.2. The van der Waals surface area contributed by atoms with E-state index in [0.29, 0.717) is 30.5 Å². The molecule has 5 nitrogen and oxygen atoms in total. The van der Waals surface area contributed by atoms with Crippen LogP contribution < -0.4 is 5.32 Å². The van der Waals surface area contributed by atoms with Crippen LogP contribution in [0.3, 0.4) is 0 Å². The number of morpholine rings is 1. The first-order valence-corrected chi connectivity index (χ1v) is 8.53. The molecule has 7 heteroatoms. The first-order valence-electron chi connectivity index (χ1n) is 6.21. The van der Waals surface area contributed by atoms with E-state index >= 15 is 0 Å². The molecule has 0 radical (unpaired) electrons. The Morgan fingerprint density at radius 1 is 1.53 bits per heavy atom. The van der Waals surface area contributed by atoms with E-state index in [4.69, 9.17) is 4.74 Å². The lowest BCUT2D eigenvalue weighted by Crippen LogP contribution is -2.50. The number of nitrogens with one attached hydrogen (secondary N) is 1. The maximum Gasteiger partial charge on any atom is 0.252 e. The molecule has 0 aromatic carbocycles. The fraction of sp³-hybridized carbons (Fsp3) is 0.667. The van der Waals surface area contributed by atoms with Gasteiger partial charge in [-0.2, -0.15) is 4.31 Å². The van der Waals surface area contributed by atoms with Crippen molar-refractivity contribution in [2.75, 3.05) is 26.7 Å². The molecule has 0 unspecified atom stereocenters. The van der Waals surface area contributed by atoms with Crippen molar-refractivity contribution < 1.29 is 13.2 Å². The van der Waals surface area contributed by atoms with Gasteiger partial charge in [-0.25, -0.2) is 8.42 Å². The summed E-state index contributed by atoms with van der Waals surface area (Å²) >= 11 is 1.28. The van der Waals surface area contributed by atoms with Gasteiger partial charge in [-0.15, -0.1) is 11.3 Å². The minimum absolute atomic E-state index is 0.397. The first-order chi connectivity index (χ1) is 8.85. The van der Waals surface area contributed by atoms with Gasteiger partial charge in [-0.3, -0.25) is 0 Å². The monoisotopic (exact) mass is 304 g/mol. The Labute approximate surface area is 118 Å². The Hall–Kier alpha value is -0.470. The molecule has 2 rings (SSSR count). The van der Waals surface area contributed by atoms with Gasteiger partial charge in [-0.1, -0.05) is 0 Å². The van der Waals surface area contributed by atoms with Crippen LogP contribution in [0.15, 0.2) is 15.7 Å². The number of thiophene rings is 1. The number of rotatable bonds is 4. The highest BCUT2D eigenvalue weighted by Gasteiger charge is 2.35. The molecule has 0 spiro atoms. The lowest BCUT2D eigenvalue weighted by atomic mass is 10.1. The molecule has 0 bridgehead atoms. The highest BCUT2D eigenvalue weighted by Crippen LogP contribution is 2.27. The van der Waals surface area contributed by atoms with Crippen LogP contribution in [-0.2, 0) is 21.3 Å². The van der Waals surface area contributed by atoms with Crippen molar-refractivity contribution in [3.8, 4) is 0 Å². The fourth-order valence-corrected chi connectivity index (χ4v) is 5.03. The summed E-state index contributed by atoms with van der Waals surface area (Å²) in [5.74, 6) is 0. The summed E-state index contributed by atoms with van der Waals surface area (Å²) in [4.78, 5) is 0. The van der Waals surface area contributed by atoms with Gasteiger partial charge in [0.05, 0.1) is 12.2 Å². The Morgan fingerprint density at radius 2 is 2.26 bits per heavy atom. The van der Waals surface area contributed by atoms with Gasteiger partial charge in [0.2, 0.25) is 0 Å². The maximum absolute atomic E-state index is 12.6. The van der Waals surface area contributed by atoms with Gasteiger partial charge >= 0.3 is 0 Å². The van der Waals surface area contributed by atoms with E-state index in [2.05, 4.69) is 5.32 Å². The van der Waals surface area contributed by atoms with Crippen LogP contribution in [0.1, 0.15) is 19.4 Å². The molecule has 1 N–H and O–H groups in total. The zero-order valence-electron chi connectivity index (χ0n) is 11.5. The van der Waals surface area contributed by atoms with Crippen LogP contribution in [0.2, 0.25) is 0 Å². The van der Waals surface area contributed by atoms with Crippen molar-refractivity contribution in [3.05, 3.63) is 17.0 Å². The van der Waals surface area contributed by atoms with Crippen LogP contribution in [0.25, 0.3) is 0 Å². The molecule has 1 aromatic heterocycles. The number of nitrogens with zero attached hydrogens (tertiary/aromatic N) is 1. The minimum atomic E-state index is -3.39. The van der Waals surface area contributed by atoms with Gasteiger partial charge in [-0.05, 0) is 37.9 Å². The third kappa shape index (κ3) is 3.35. The summed E-state index contributed by atoms with van der Waals surface area (Å²) in [6.45, 7) is 5.77. The Bertz CT molecular complexity index is 537. The number of hydrogen-bond acceptors (Lipinski definition) is 5. The minimum Gasteiger partial charge on any atom is -0.373 e. The maximum atomic E-state index is 12.6. The van der Waals surface area contributed by atoms with Crippen molar-refractivity contribution in [3.63, 3.8) is 0 Å². The lowest BCUT2D eigenvalue weighted by Gasteiger charge is -2.37. The fourth-order valence-electron chi connectivity index (χ4n) is 2.09. The average Bonchev–Trinajstić information content (AvgIpc) is 2.77. The van der Waals surface area contributed by atoms with E-state index in [1.807, 2.05) is 26.3 Å². The highest BCUT2D eigenvalue weighted by molar-refractivity contribution is 7.91. The van der Waals surface area contributed by atoms with E-state index in [-0.39, 0.29) is 0 Å². The van der Waals surface area contributed by atoms with E-state index in [0.717, 1.165) is 5.56 Å². The van der Waals surface area contributed by atoms with Crippen molar-refractivity contribution in [2.24, 2.45) is 0 Å². The topological polar surface area (TPSA) is 58.6 Å². The second kappa shape index (κ2) is 5.49. The van der Waals surface area contributed by atoms with Gasteiger partial charge in [0, 0.05) is 19.6 Å². The van der Waals surface area contributed by atoms with Crippen molar-refractivity contribution in [1.29, 1.82) is 0 Å². The second-order valence-electron chi connectivity index (χ2n) is 5.25. The molecular formula is C12H20N2O3S2. The van der Waals surface area contributed by atoms with E-state index in [9.17, 15) is 8.42 Å². The third-order valence-electron chi connectivity index (χ3n) is 3.00. The van der Waals surface area contributed by atoms with Gasteiger partial charge < -0.3 is 10.1 Å². The van der Waals surface area contributed by atoms with Crippen LogP contribution in [0.4, 0.5) is 0 Å². The molecule has 0 atom stereocenters. The molecule has 1 saturated heterocycles. The zero-order valence-corrected chi connectivity index (χ0v) is 13.1. The van der Waals surface area contributed by atoms with E-state index in [1.165, 1.54) is 15.6 Å². The normalized spacial score (nSPS) is 20.6. The molecule has 108 valence electrons. The van der Waals surface area contributed by atoms with Crippen molar-refractivity contribution in [2.45, 2.75) is 30.2 Å². The van der Waals surface area contributed by atoms with E-state index in [1.54, 1.807) is 6.07 Å². The van der Waals surface area contributed by atoms with Gasteiger partial charge in [0.15, 0.2) is 0 Å². The molecule has 0 saturated carbocycles. The molecular weight excluding hydrogens is 284 g/mol. The second-order valence-corrected chi connectivity index (χ2v) is 8.33. The lowest BCUT2D eigenvalue weighted by molar-refractivity contribution is -0.0639. The quantitative estimate of drug-likeness (QED) is 0.910. The molecule has 0 amide bonds. The molecule has 2 heterocycles. The predicted molar refractivity (Wildman–Crippen MR) is 75.9 cm³/mol. The third-order valence-corrected chi connectivity index (χ3v) is 6.30. The van der Waals surface area contributed by atoms with Crippen LogP contribution in [0, 0.1) is 0 Å². The molecule has 0 aliphatic carbocycles. The standard InChI is InChI=1S/C12H20N2O3S2/c1-12(2)9-14(4-5-17-12)19(15,16)11-6-10(7-13-3)8-18-11/h6,8,13H,4-5,7,9H2,1-3H3. The van der Waals surface area contributed by atoms with E-state index < -0.39 is 15.6 Å². The van der Waals surface area contributed by atoms with Crippen LogP contribution in [0.5, 0.6) is 0 Å². The number of ether oxygens (including phenoxy) is 1. The molecule has 19 heavy (non-hydrogen) atoms. The molecule has 1 aromatic rings. The average molecular weight is 304 g/mol. The number of sulfonamides is 1. The van der Waals surface area contributed by atoms with Gasteiger partial charge in [0.25, 0.3) is 10.0 Å². The summed E-state index contributed by atoms with van der Waals surface area (Å²) in [7, 11) is -1.54. The predicted octanol–water partition coefficient (Wildman–Crippen LogP) is 1.27. The smallest absolute Gasteiger partial charge is 0.252 e. The van der Waals surface area contributed by atoms with Crippen molar-refractivity contribution >= 4 is 21.4 Å². The molecule has 1 aliphatic heterocycles. The summed E-state index contributed by atoms with van der Waals surface area (Å²) in [5, 5.41) is 4.90. The zero-order chi connectivity index (χ0) is 14.1. The SMILES string of the molecule is CNCc1csc(S(=O)(=O)N2CCOC(C)(C)C2)c1. The largest absolute Gasteiger partial charge is 0.373 e. The molecule has 1 fully saturated rings.